The Kier molecular flexibility index (Phi) is 3.97. The lowest BCUT2D eigenvalue weighted by atomic mass is 10.3. The van der Waals surface area contributed by atoms with Crippen LogP contribution in [0.2, 0.25) is 0 Å². The molecule has 0 aromatic carbocycles. The van der Waals surface area contributed by atoms with Gasteiger partial charge in [-0.2, -0.15) is 0 Å². The second kappa shape index (κ2) is 5.46. The lowest BCUT2D eigenvalue weighted by Gasteiger charge is -2.33. The molecule has 0 radical (unpaired) electrons. The molecule has 2 aliphatic rings. The van der Waals surface area contributed by atoms with Crippen LogP contribution in [-0.4, -0.2) is 20.8 Å². The number of allylic oxidation sites excluding steroid dienone is 4. The third kappa shape index (κ3) is 2.63. The quantitative estimate of drug-likeness (QED) is 0.563. The van der Waals surface area contributed by atoms with E-state index in [-0.39, 0.29) is 11.0 Å². The van der Waals surface area contributed by atoms with Crippen molar-refractivity contribution in [3.05, 3.63) is 49.1 Å². The molecule has 16 heavy (non-hydrogen) atoms. The van der Waals surface area contributed by atoms with Gasteiger partial charge in [0, 0.05) is 24.8 Å². The minimum atomic E-state index is -0.290. The molecule has 0 N–H and O–H groups in total. The average Bonchev–Trinajstić information content (AvgIpc) is 2.39. The van der Waals surface area contributed by atoms with Crippen molar-refractivity contribution in [1.82, 2.24) is 9.80 Å². The van der Waals surface area contributed by atoms with E-state index in [1.807, 2.05) is 34.6 Å². The number of alkyl halides is 2. The molecule has 0 amide bonds. The summed E-state index contributed by atoms with van der Waals surface area (Å²) < 4.78 is 0. The van der Waals surface area contributed by atoms with Gasteiger partial charge in [0.05, 0.1) is 0 Å². The van der Waals surface area contributed by atoms with Crippen LogP contribution in [0.25, 0.3) is 0 Å². The third-order valence-electron chi connectivity index (χ3n) is 2.45. The largest absolute Gasteiger partial charge is 0.335 e. The Morgan fingerprint density at radius 3 is 1.31 bits per heavy atom. The molecular formula is C12H14Cl2N2. The molecule has 86 valence electrons. The zero-order valence-corrected chi connectivity index (χ0v) is 10.3. The Morgan fingerprint density at radius 1 is 0.688 bits per heavy atom. The average molecular weight is 257 g/mol. The molecule has 2 heterocycles. The van der Waals surface area contributed by atoms with Crippen LogP contribution < -0.4 is 0 Å². The van der Waals surface area contributed by atoms with E-state index in [4.69, 9.17) is 23.2 Å². The first-order valence-corrected chi connectivity index (χ1v) is 6.16. The Hall–Kier alpha value is -0.860. The first kappa shape index (κ1) is 11.6. The van der Waals surface area contributed by atoms with E-state index in [0.717, 1.165) is 12.8 Å². The Labute approximate surface area is 106 Å². The maximum absolute atomic E-state index is 6.33. The topological polar surface area (TPSA) is 6.48 Å². The molecule has 0 spiro atoms. The predicted molar refractivity (Wildman–Crippen MR) is 68.8 cm³/mol. The highest BCUT2D eigenvalue weighted by molar-refractivity contribution is 6.29. The van der Waals surface area contributed by atoms with Crippen LogP contribution in [0.15, 0.2) is 49.1 Å². The fourth-order valence-corrected chi connectivity index (χ4v) is 2.12. The van der Waals surface area contributed by atoms with E-state index < -0.39 is 0 Å². The summed E-state index contributed by atoms with van der Waals surface area (Å²) >= 11 is 12.7. The smallest absolute Gasteiger partial charge is 0.142 e. The van der Waals surface area contributed by atoms with Crippen LogP contribution in [0.5, 0.6) is 0 Å². The summed E-state index contributed by atoms with van der Waals surface area (Å²) in [4.78, 5) is 3.83. The number of halogens is 2. The van der Waals surface area contributed by atoms with Gasteiger partial charge in [0.1, 0.15) is 11.0 Å². The van der Waals surface area contributed by atoms with E-state index in [9.17, 15) is 0 Å². The molecule has 0 aromatic heterocycles. The minimum Gasteiger partial charge on any atom is -0.335 e. The number of rotatable bonds is 3. The van der Waals surface area contributed by atoms with Gasteiger partial charge in [0.2, 0.25) is 0 Å². The molecule has 2 nitrogen and oxygen atoms in total. The predicted octanol–water partition coefficient (Wildman–Crippen LogP) is 3.58. The zero-order valence-electron chi connectivity index (χ0n) is 8.84. The van der Waals surface area contributed by atoms with Crippen molar-refractivity contribution in [2.45, 2.75) is 23.8 Å². The van der Waals surface area contributed by atoms with E-state index in [2.05, 4.69) is 24.3 Å². The molecule has 0 saturated carbocycles. The zero-order chi connectivity index (χ0) is 11.4. The lowest BCUT2D eigenvalue weighted by Crippen LogP contribution is -2.38. The van der Waals surface area contributed by atoms with Crippen LogP contribution >= 0.6 is 23.2 Å². The van der Waals surface area contributed by atoms with Gasteiger partial charge in [-0.3, -0.25) is 0 Å². The fraction of sp³-hybridized carbons (Fsp3) is 0.333. The minimum absolute atomic E-state index is 0.290. The highest BCUT2D eigenvalue weighted by Gasteiger charge is 2.24. The second-order valence-corrected chi connectivity index (χ2v) is 4.54. The van der Waals surface area contributed by atoms with E-state index in [0.29, 0.717) is 0 Å². The normalized spacial score (nSPS) is 22.6. The van der Waals surface area contributed by atoms with Crippen molar-refractivity contribution < 1.29 is 0 Å². The Balaban J connectivity index is 2.00. The molecule has 2 unspecified atom stereocenters. The summed E-state index contributed by atoms with van der Waals surface area (Å²) in [5.41, 5.74) is -0.580. The molecule has 2 atom stereocenters. The molecule has 0 fully saturated rings. The first-order valence-electron chi connectivity index (χ1n) is 5.29. The van der Waals surface area contributed by atoms with Crippen LogP contribution in [0.3, 0.4) is 0 Å². The van der Waals surface area contributed by atoms with Crippen LogP contribution in [0, 0.1) is 0 Å². The van der Waals surface area contributed by atoms with Gasteiger partial charge in [-0.25, -0.2) is 0 Å². The summed E-state index contributed by atoms with van der Waals surface area (Å²) in [7, 11) is 0. The Morgan fingerprint density at radius 2 is 1.00 bits per heavy atom. The lowest BCUT2D eigenvalue weighted by molar-refractivity contribution is 0.338. The van der Waals surface area contributed by atoms with Gasteiger partial charge in [-0.1, -0.05) is 47.5 Å². The van der Waals surface area contributed by atoms with Crippen molar-refractivity contribution in [3.63, 3.8) is 0 Å². The summed E-state index contributed by atoms with van der Waals surface area (Å²) in [6.07, 6.45) is 18.0. The number of hydrogen-bond donors (Lipinski definition) is 0. The molecule has 4 heteroatoms. The van der Waals surface area contributed by atoms with Gasteiger partial charge in [-0.05, 0) is 12.8 Å². The van der Waals surface area contributed by atoms with E-state index >= 15 is 0 Å². The van der Waals surface area contributed by atoms with Crippen molar-refractivity contribution >= 4 is 23.2 Å². The van der Waals surface area contributed by atoms with E-state index in [1.165, 1.54) is 0 Å². The van der Waals surface area contributed by atoms with Crippen molar-refractivity contribution in [2.75, 3.05) is 0 Å². The van der Waals surface area contributed by atoms with Gasteiger partial charge in [0.15, 0.2) is 0 Å². The van der Waals surface area contributed by atoms with Gasteiger partial charge in [0.25, 0.3) is 0 Å². The van der Waals surface area contributed by atoms with Gasteiger partial charge in [-0.15, -0.1) is 0 Å². The Bertz CT molecular complexity index is 289. The summed E-state index contributed by atoms with van der Waals surface area (Å²) in [6, 6.07) is 0. The van der Waals surface area contributed by atoms with Crippen molar-refractivity contribution in [3.8, 4) is 0 Å². The highest BCUT2D eigenvalue weighted by atomic mass is 35.5. The third-order valence-corrected chi connectivity index (χ3v) is 3.51. The first-order chi connectivity index (χ1) is 7.79. The molecular weight excluding hydrogens is 243 g/mol. The van der Waals surface area contributed by atoms with Gasteiger partial charge < -0.3 is 9.80 Å². The molecule has 2 rings (SSSR count). The monoisotopic (exact) mass is 256 g/mol. The molecule has 0 bridgehead atoms. The molecule has 0 saturated heterocycles. The standard InChI is InChI=1S/C12H14Cl2N2/c13-11(15-7-3-1-4-8-15)12(14)16-9-5-2-6-10-16/h3-12H,1-2H2. The molecule has 0 aromatic rings. The van der Waals surface area contributed by atoms with Gasteiger partial charge >= 0.3 is 0 Å². The fourth-order valence-electron chi connectivity index (χ4n) is 1.60. The summed E-state index contributed by atoms with van der Waals surface area (Å²) in [5, 5.41) is 0. The van der Waals surface area contributed by atoms with E-state index in [1.54, 1.807) is 0 Å². The highest BCUT2D eigenvalue weighted by Crippen LogP contribution is 2.23. The van der Waals surface area contributed by atoms with Crippen LogP contribution in [0.4, 0.5) is 0 Å². The summed E-state index contributed by atoms with van der Waals surface area (Å²) in [5.74, 6) is 0. The molecule has 2 aliphatic heterocycles. The van der Waals surface area contributed by atoms with Crippen LogP contribution in [0.1, 0.15) is 12.8 Å². The maximum atomic E-state index is 6.33. The van der Waals surface area contributed by atoms with Crippen molar-refractivity contribution in [1.29, 1.82) is 0 Å². The van der Waals surface area contributed by atoms with Crippen molar-refractivity contribution in [2.24, 2.45) is 0 Å². The molecule has 0 aliphatic carbocycles. The number of hydrogen-bond acceptors (Lipinski definition) is 2. The number of nitrogens with zero attached hydrogens (tertiary/aromatic N) is 2. The maximum Gasteiger partial charge on any atom is 0.142 e. The summed E-state index contributed by atoms with van der Waals surface area (Å²) in [6.45, 7) is 0. The SMILES string of the molecule is ClC(C(Cl)N1C=CCC=C1)N1C=CCC=C1. The second-order valence-electron chi connectivity index (χ2n) is 3.65. The van der Waals surface area contributed by atoms with Crippen LogP contribution in [-0.2, 0) is 0 Å².